The number of piperazine rings is 1. The highest BCUT2D eigenvalue weighted by molar-refractivity contribution is 5.75. The Bertz CT molecular complexity index is 989. The van der Waals surface area contributed by atoms with Crippen molar-refractivity contribution in [3.05, 3.63) is 59.5 Å². The van der Waals surface area contributed by atoms with Crippen LogP contribution in [0.1, 0.15) is 29.9 Å². The molecule has 2 aromatic heterocycles. The summed E-state index contributed by atoms with van der Waals surface area (Å²) in [6, 6.07) is 11.9. The van der Waals surface area contributed by atoms with Crippen LogP contribution in [-0.2, 0) is 0 Å². The van der Waals surface area contributed by atoms with E-state index < -0.39 is 0 Å². The van der Waals surface area contributed by atoms with E-state index in [0.29, 0.717) is 13.1 Å². The fourth-order valence-corrected chi connectivity index (χ4v) is 3.72. The van der Waals surface area contributed by atoms with Crippen LogP contribution in [0.4, 0.5) is 10.5 Å². The number of rotatable bonds is 3. The maximum absolute atomic E-state index is 12.7. The molecule has 7 nitrogen and oxygen atoms in total. The summed E-state index contributed by atoms with van der Waals surface area (Å²) in [5.74, 6) is 0.734. The highest BCUT2D eigenvalue weighted by Gasteiger charge is 2.24. The van der Waals surface area contributed by atoms with Gasteiger partial charge in [0.2, 0.25) is 0 Å². The molecule has 146 valence electrons. The zero-order chi connectivity index (χ0) is 19.7. The molecule has 2 amide bonds. The molecule has 0 saturated carbocycles. The van der Waals surface area contributed by atoms with Gasteiger partial charge in [-0.15, -0.1) is 10.2 Å². The Balaban J connectivity index is 1.38. The topological polar surface area (TPSA) is 65.8 Å². The summed E-state index contributed by atoms with van der Waals surface area (Å²) in [4.78, 5) is 17.0. The third kappa shape index (κ3) is 3.40. The lowest BCUT2D eigenvalue weighted by molar-refractivity contribution is 0.190. The summed E-state index contributed by atoms with van der Waals surface area (Å²) in [5, 5.41) is 11.5. The van der Waals surface area contributed by atoms with E-state index in [1.807, 2.05) is 40.6 Å². The molecular weight excluding hydrogens is 352 g/mol. The minimum absolute atomic E-state index is 0.0548. The van der Waals surface area contributed by atoms with E-state index in [-0.39, 0.29) is 12.1 Å². The second kappa shape index (κ2) is 7.50. The third-order valence-corrected chi connectivity index (χ3v) is 5.55. The maximum Gasteiger partial charge on any atom is 0.318 e. The first-order valence-corrected chi connectivity index (χ1v) is 9.71. The molecule has 1 atom stereocenters. The van der Waals surface area contributed by atoms with Crippen LogP contribution in [0.3, 0.4) is 0 Å². The number of nitrogens with zero attached hydrogens (tertiary/aromatic N) is 5. The van der Waals surface area contributed by atoms with Crippen molar-refractivity contribution in [2.24, 2.45) is 0 Å². The number of fused-ring (bicyclic) bond motifs is 1. The predicted octanol–water partition coefficient (Wildman–Crippen LogP) is 2.94. The summed E-state index contributed by atoms with van der Waals surface area (Å²) in [6.07, 6.45) is 1.91. The lowest BCUT2D eigenvalue weighted by Gasteiger charge is -2.37. The van der Waals surface area contributed by atoms with Crippen LogP contribution in [0.5, 0.6) is 0 Å². The summed E-state index contributed by atoms with van der Waals surface area (Å²) < 4.78 is 1.91. The Morgan fingerprint density at radius 3 is 2.61 bits per heavy atom. The van der Waals surface area contributed by atoms with Gasteiger partial charge in [-0.1, -0.05) is 18.2 Å². The Hall–Kier alpha value is -3.09. The lowest BCUT2D eigenvalue weighted by Crippen LogP contribution is -2.52. The van der Waals surface area contributed by atoms with Crippen molar-refractivity contribution in [3.8, 4) is 0 Å². The molecule has 0 spiro atoms. The van der Waals surface area contributed by atoms with E-state index in [2.05, 4.69) is 52.5 Å². The highest BCUT2D eigenvalue weighted by atomic mass is 16.2. The van der Waals surface area contributed by atoms with Gasteiger partial charge in [0.15, 0.2) is 11.5 Å². The van der Waals surface area contributed by atoms with Crippen molar-refractivity contribution in [2.45, 2.75) is 26.8 Å². The number of aryl methyl sites for hydroxylation is 1. The van der Waals surface area contributed by atoms with E-state index in [1.165, 1.54) is 16.8 Å². The molecule has 7 heteroatoms. The number of carbonyl (C=O) groups excluding carboxylic acids is 1. The fourth-order valence-electron chi connectivity index (χ4n) is 3.72. The van der Waals surface area contributed by atoms with Gasteiger partial charge in [0.25, 0.3) is 0 Å². The van der Waals surface area contributed by atoms with E-state index in [9.17, 15) is 4.79 Å². The van der Waals surface area contributed by atoms with Crippen molar-refractivity contribution in [1.29, 1.82) is 0 Å². The van der Waals surface area contributed by atoms with Crippen LogP contribution >= 0.6 is 0 Å². The molecule has 0 bridgehead atoms. The van der Waals surface area contributed by atoms with Crippen molar-refractivity contribution in [3.63, 3.8) is 0 Å². The van der Waals surface area contributed by atoms with Gasteiger partial charge in [-0.3, -0.25) is 4.40 Å². The van der Waals surface area contributed by atoms with Gasteiger partial charge in [0.05, 0.1) is 6.04 Å². The predicted molar refractivity (Wildman–Crippen MR) is 110 cm³/mol. The zero-order valence-corrected chi connectivity index (χ0v) is 16.6. The molecule has 1 saturated heterocycles. The molecule has 0 radical (unpaired) electrons. The Morgan fingerprint density at radius 1 is 1.04 bits per heavy atom. The number of nitrogens with one attached hydrogen (secondary N) is 1. The maximum atomic E-state index is 12.7. The molecule has 1 aliphatic rings. The van der Waals surface area contributed by atoms with Crippen LogP contribution < -0.4 is 10.2 Å². The van der Waals surface area contributed by atoms with Crippen LogP contribution in [0.2, 0.25) is 0 Å². The SMILES string of the molecule is Cc1cccc(N2CCN(C(=O)NC(C)c3nnc4ccccn34)CC2)c1C. The quantitative estimate of drug-likeness (QED) is 0.761. The van der Waals surface area contributed by atoms with Crippen LogP contribution in [0.15, 0.2) is 42.6 Å². The molecule has 0 aliphatic carbocycles. The molecule has 3 aromatic rings. The van der Waals surface area contributed by atoms with Gasteiger partial charge in [0, 0.05) is 38.1 Å². The van der Waals surface area contributed by atoms with Gasteiger partial charge < -0.3 is 15.1 Å². The molecule has 1 aromatic carbocycles. The minimum atomic E-state index is -0.220. The minimum Gasteiger partial charge on any atom is -0.368 e. The third-order valence-electron chi connectivity index (χ3n) is 5.55. The molecule has 1 aliphatic heterocycles. The number of amides is 2. The lowest BCUT2D eigenvalue weighted by atomic mass is 10.1. The first kappa shape index (κ1) is 18.3. The first-order valence-electron chi connectivity index (χ1n) is 9.71. The smallest absolute Gasteiger partial charge is 0.318 e. The number of hydrogen-bond acceptors (Lipinski definition) is 4. The van der Waals surface area contributed by atoms with Crippen LogP contribution in [-0.4, -0.2) is 51.7 Å². The van der Waals surface area contributed by atoms with Crippen molar-refractivity contribution in [2.75, 3.05) is 31.1 Å². The standard InChI is InChI=1S/C21H26N6O/c1-15-7-6-8-18(16(15)2)25-11-13-26(14-12-25)21(28)22-17(3)20-24-23-19-9-4-5-10-27(19)20/h4-10,17H,11-14H2,1-3H3,(H,22,28). The summed E-state index contributed by atoms with van der Waals surface area (Å²) in [6.45, 7) is 9.30. The zero-order valence-electron chi connectivity index (χ0n) is 16.6. The molecule has 3 heterocycles. The molecular formula is C21H26N6O. The van der Waals surface area contributed by atoms with Gasteiger partial charge in [-0.05, 0) is 50.1 Å². The van der Waals surface area contributed by atoms with Crippen LogP contribution in [0.25, 0.3) is 5.65 Å². The van der Waals surface area contributed by atoms with Crippen molar-refractivity contribution >= 4 is 17.4 Å². The summed E-state index contributed by atoms with van der Waals surface area (Å²) in [5.41, 5.74) is 4.66. The number of aromatic nitrogens is 3. The second-order valence-electron chi connectivity index (χ2n) is 7.35. The van der Waals surface area contributed by atoms with E-state index in [1.54, 1.807) is 0 Å². The fraction of sp³-hybridized carbons (Fsp3) is 0.381. The van der Waals surface area contributed by atoms with E-state index in [0.717, 1.165) is 24.6 Å². The monoisotopic (exact) mass is 378 g/mol. The first-order chi connectivity index (χ1) is 13.5. The van der Waals surface area contributed by atoms with Crippen LogP contribution in [0, 0.1) is 13.8 Å². The number of hydrogen-bond donors (Lipinski definition) is 1. The molecule has 1 N–H and O–H groups in total. The van der Waals surface area contributed by atoms with E-state index >= 15 is 0 Å². The number of anilines is 1. The highest BCUT2D eigenvalue weighted by Crippen LogP contribution is 2.24. The number of carbonyl (C=O) groups is 1. The largest absolute Gasteiger partial charge is 0.368 e. The molecule has 4 rings (SSSR count). The van der Waals surface area contributed by atoms with Crippen molar-refractivity contribution in [1.82, 2.24) is 24.8 Å². The normalized spacial score (nSPS) is 15.7. The summed E-state index contributed by atoms with van der Waals surface area (Å²) >= 11 is 0. The van der Waals surface area contributed by atoms with Gasteiger partial charge in [0.1, 0.15) is 0 Å². The Morgan fingerprint density at radius 2 is 1.82 bits per heavy atom. The van der Waals surface area contributed by atoms with Gasteiger partial charge in [-0.25, -0.2) is 4.79 Å². The van der Waals surface area contributed by atoms with Gasteiger partial charge in [-0.2, -0.15) is 0 Å². The number of pyridine rings is 1. The van der Waals surface area contributed by atoms with E-state index in [4.69, 9.17) is 0 Å². The molecule has 1 fully saturated rings. The Labute approximate surface area is 165 Å². The van der Waals surface area contributed by atoms with Gasteiger partial charge >= 0.3 is 6.03 Å². The number of benzene rings is 1. The average molecular weight is 378 g/mol. The second-order valence-corrected chi connectivity index (χ2v) is 7.35. The number of urea groups is 1. The molecule has 1 unspecified atom stereocenters. The van der Waals surface area contributed by atoms with Crippen molar-refractivity contribution < 1.29 is 4.79 Å². The Kier molecular flexibility index (Phi) is 4.90. The molecule has 28 heavy (non-hydrogen) atoms. The average Bonchev–Trinajstić information content (AvgIpc) is 3.14. The summed E-state index contributed by atoms with van der Waals surface area (Å²) in [7, 11) is 0.